The third-order valence-corrected chi connectivity index (χ3v) is 3.82. The van der Waals surface area contributed by atoms with E-state index in [2.05, 4.69) is 15.9 Å². The van der Waals surface area contributed by atoms with E-state index in [9.17, 15) is 10.2 Å². The molecule has 0 saturated heterocycles. The van der Waals surface area contributed by atoms with Crippen molar-refractivity contribution in [1.29, 1.82) is 0 Å². The molecule has 0 radical (unpaired) electrons. The Morgan fingerprint density at radius 3 is 2.48 bits per heavy atom. The van der Waals surface area contributed by atoms with Crippen LogP contribution in [0.15, 0.2) is 53.0 Å². The molecule has 21 heavy (non-hydrogen) atoms. The Kier molecular flexibility index (Phi) is 5.04. The fourth-order valence-electron chi connectivity index (χ4n) is 2.08. The summed E-state index contributed by atoms with van der Waals surface area (Å²) in [4.78, 5) is 0. The molecule has 0 aliphatic carbocycles. The fraction of sp³-hybridized carbons (Fsp3) is 0.294. The number of hydrogen-bond donors (Lipinski definition) is 2. The van der Waals surface area contributed by atoms with E-state index in [-0.39, 0.29) is 6.61 Å². The average Bonchev–Trinajstić information content (AvgIpc) is 2.47. The van der Waals surface area contributed by atoms with Crippen molar-refractivity contribution in [1.82, 2.24) is 0 Å². The van der Waals surface area contributed by atoms with Crippen molar-refractivity contribution in [3.05, 3.63) is 64.1 Å². The van der Waals surface area contributed by atoms with Crippen LogP contribution >= 0.6 is 15.9 Å². The smallest absolute Gasteiger partial charge is 0.125 e. The zero-order chi connectivity index (χ0) is 15.5. The van der Waals surface area contributed by atoms with Crippen molar-refractivity contribution in [3.8, 4) is 5.75 Å². The Morgan fingerprint density at radius 1 is 1.19 bits per heavy atom. The summed E-state index contributed by atoms with van der Waals surface area (Å²) in [7, 11) is 0. The third-order valence-electron chi connectivity index (χ3n) is 3.33. The predicted molar refractivity (Wildman–Crippen MR) is 86.3 cm³/mol. The summed E-state index contributed by atoms with van der Waals surface area (Å²) in [5, 5.41) is 20.3. The molecule has 2 atom stereocenters. The second-order valence-corrected chi connectivity index (χ2v) is 6.20. The van der Waals surface area contributed by atoms with Gasteiger partial charge in [-0.3, -0.25) is 0 Å². The number of benzene rings is 2. The highest BCUT2D eigenvalue weighted by Gasteiger charge is 2.24. The van der Waals surface area contributed by atoms with Crippen molar-refractivity contribution in [2.24, 2.45) is 0 Å². The molecule has 0 saturated carbocycles. The van der Waals surface area contributed by atoms with Crippen LogP contribution in [-0.4, -0.2) is 16.8 Å². The lowest BCUT2D eigenvalue weighted by Gasteiger charge is -2.25. The van der Waals surface area contributed by atoms with Crippen molar-refractivity contribution >= 4 is 15.9 Å². The van der Waals surface area contributed by atoms with Crippen molar-refractivity contribution in [2.45, 2.75) is 25.6 Å². The first-order chi connectivity index (χ1) is 9.90. The van der Waals surface area contributed by atoms with E-state index in [1.54, 1.807) is 19.9 Å². The Bertz CT molecular complexity index is 594. The van der Waals surface area contributed by atoms with Crippen LogP contribution in [0.4, 0.5) is 0 Å². The molecule has 0 fully saturated rings. The highest BCUT2D eigenvalue weighted by Crippen LogP contribution is 2.30. The van der Waals surface area contributed by atoms with Gasteiger partial charge >= 0.3 is 0 Å². The molecule has 4 heteroatoms. The molecule has 2 N–H and O–H groups in total. The molecule has 2 unspecified atom stereocenters. The van der Waals surface area contributed by atoms with Gasteiger partial charge in [-0.15, -0.1) is 0 Å². The lowest BCUT2D eigenvalue weighted by Crippen LogP contribution is -2.29. The molecule has 0 aliphatic rings. The minimum absolute atomic E-state index is 0.109. The lowest BCUT2D eigenvalue weighted by atomic mass is 9.97. The highest BCUT2D eigenvalue weighted by atomic mass is 79.9. The van der Waals surface area contributed by atoms with Crippen LogP contribution in [0.3, 0.4) is 0 Å². The van der Waals surface area contributed by atoms with Crippen LogP contribution in [0.2, 0.25) is 0 Å². The van der Waals surface area contributed by atoms with Crippen molar-refractivity contribution < 1.29 is 14.9 Å². The molecule has 0 amide bonds. The highest BCUT2D eigenvalue weighted by molar-refractivity contribution is 9.10. The standard InChI is InChI=1S/C17H19BrO3/c1-12(19)15-10-14(18)8-9-16(15)21-11-17(2,20)13-6-4-3-5-7-13/h3-10,12,19-20H,11H2,1-2H3. The Morgan fingerprint density at radius 2 is 1.86 bits per heavy atom. The summed E-state index contributed by atoms with van der Waals surface area (Å²) >= 11 is 3.38. The van der Waals surface area contributed by atoms with E-state index < -0.39 is 11.7 Å². The molecule has 0 aliphatic heterocycles. The minimum Gasteiger partial charge on any atom is -0.490 e. The minimum atomic E-state index is -1.09. The van der Waals surface area contributed by atoms with Gasteiger partial charge in [0.2, 0.25) is 0 Å². The molecule has 0 heterocycles. The van der Waals surface area contributed by atoms with Gasteiger partial charge in [0, 0.05) is 10.0 Å². The van der Waals surface area contributed by atoms with Gasteiger partial charge in [0.15, 0.2) is 0 Å². The normalized spacial score (nSPS) is 15.3. The molecule has 0 spiro atoms. The first-order valence-corrected chi connectivity index (χ1v) is 7.57. The molecule has 2 aromatic carbocycles. The van der Waals surface area contributed by atoms with Crippen LogP contribution in [0.25, 0.3) is 0 Å². The monoisotopic (exact) mass is 350 g/mol. The van der Waals surface area contributed by atoms with E-state index >= 15 is 0 Å². The third kappa shape index (κ3) is 4.06. The van der Waals surface area contributed by atoms with Gasteiger partial charge in [-0.2, -0.15) is 0 Å². The number of hydrogen-bond acceptors (Lipinski definition) is 3. The SMILES string of the molecule is CC(O)c1cc(Br)ccc1OCC(C)(O)c1ccccc1. The topological polar surface area (TPSA) is 49.7 Å². The zero-order valence-corrected chi connectivity index (χ0v) is 13.7. The Balaban J connectivity index is 2.16. The van der Waals surface area contributed by atoms with Gasteiger partial charge in [-0.1, -0.05) is 46.3 Å². The molecular weight excluding hydrogens is 332 g/mol. The lowest BCUT2D eigenvalue weighted by molar-refractivity contribution is 0.00656. The summed E-state index contributed by atoms with van der Waals surface area (Å²) in [6.07, 6.45) is -0.640. The predicted octanol–water partition coefficient (Wildman–Crippen LogP) is 3.79. The quantitative estimate of drug-likeness (QED) is 0.862. The summed E-state index contributed by atoms with van der Waals surface area (Å²) in [5.74, 6) is 0.574. The maximum Gasteiger partial charge on any atom is 0.125 e. The first-order valence-electron chi connectivity index (χ1n) is 6.78. The van der Waals surface area contributed by atoms with Crippen LogP contribution in [0.1, 0.15) is 31.1 Å². The van der Waals surface area contributed by atoms with E-state index in [0.717, 1.165) is 10.0 Å². The van der Waals surface area contributed by atoms with Gasteiger partial charge in [0.25, 0.3) is 0 Å². The van der Waals surface area contributed by atoms with Crippen LogP contribution in [0.5, 0.6) is 5.75 Å². The summed E-state index contributed by atoms with van der Waals surface area (Å²) in [6.45, 7) is 3.51. The number of aliphatic hydroxyl groups excluding tert-OH is 1. The van der Waals surface area contributed by atoms with Gasteiger partial charge in [0.1, 0.15) is 18.0 Å². The maximum atomic E-state index is 10.5. The van der Waals surface area contributed by atoms with E-state index in [4.69, 9.17) is 4.74 Å². The maximum absolute atomic E-state index is 10.5. The summed E-state index contributed by atoms with van der Waals surface area (Å²) in [5.41, 5.74) is 0.388. The molecule has 2 rings (SSSR count). The molecule has 0 bridgehead atoms. The Hall–Kier alpha value is -1.36. The first kappa shape index (κ1) is 16.0. The van der Waals surface area contributed by atoms with Crippen molar-refractivity contribution in [2.75, 3.05) is 6.61 Å². The van der Waals surface area contributed by atoms with E-state index in [1.165, 1.54) is 0 Å². The van der Waals surface area contributed by atoms with E-state index in [1.807, 2.05) is 42.5 Å². The average molecular weight is 351 g/mol. The van der Waals surface area contributed by atoms with Gasteiger partial charge in [-0.05, 0) is 37.6 Å². The summed E-state index contributed by atoms with van der Waals surface area (Å²) in [6, 6.07) is 14.8. The van der Waals surface area contributed by atoms with E-state index in [0.29, 0.717) is 11.3 Å². The summed E-state index contributed by atoms with van der Waals surface area (Å²) < 4.78 is 6.62. The zero-order valence-electron chi connectivity index (χ0n) is 12.1. The molecular formula is C17H19BrO3. The second-order valence-electron chi connectivity index (χ2n) is 5.29. The van der Waals surface area contributed by atoms with Crippen LogP contribution in [-0.2, 0) is 5.60 Å². The molecule has 2 aromatic rings. The van der Waals surface area contributed by atoms with Crippen LogP contribution < -0.4 is 4.74 Å². The number of rotatable bonds is 5. The van der Waals surface area contributed by atoms with Gasteiger partial charge in [-0.25, -0.2) is 0 Å². The molecule has 3 nitrogen and oxygen atoms in total. The number of ether oxygens (including phenoxy) is 1. The molecule has 112 valence electrons. The molecule has 0 aromatic heterocycles. The van der Waals surface area contributed by atoms with Crippen LogP contribution in [0, 0.1) is 0 Å². The van der Waals surface area contributed by atoms with Gasteiger partial charge < -0.3 is 14.9 Å². The number of aliphatic hydroxyl groups is 2. The fourth-order valence-corrected chi connectivity index (χ4v) is 2.45. The van der Waals surface area contributed by atoms with Gasteiger partial charge in [0.05, 0.1) is 6.10 Å². The second kappa shape index (κ2) is 6.60. The largest absolute Gasteiger partial charge is 0.490 e. The number of halogens is 1. The Labute approximate surface area is 133 Å². The van der Waals surface area contributed by atoms with Crippen molar-refractivity contribution in [3.63, 3.8) is 0 Å².